The van der Waals surface area contributed by atoms with Crippen LogP contribution < -0.4 is 5.73 Å². The Bertz CT molecular complexity index is 343. The van der Waals surface area contributed by atoms with Gasteiger partial charge in [-0.1, -0.05) is 6.92 Å². The van der Waals surface area contributed by atoms with Gasteiger partial charge < -0.3 is 10.6 Å². The third-order valence-electron chi connectivity index (χ3n) is 3.35. The molecule has 1 fully saturated rings. The van der Waals surface area contributed by atoms with Gasteiger partial charge in [-0.3, -0.25) is 4.90 Å². The van der Waals surface area contributed by atoms with Crippen molar-refractivity contribution >= 4 is 9.84 Å². The highest BCUT2D eigenvalue weighted by molar-refractivity contribution is 7.91. The number of nitrogens with zero attached hydrogens (tertiary/aromatic N) is 2. The molecule has 1 saturated heterocycles. The van der Waals surface area contributed by atoms with Crippen LogP contribution in [0.15, 0.2) is 0 Å². The Morgan fingerprint density at radius 3 is 2.29 bits per heavy atom. The van der Waals surface area contributed by atoms with Crippen LogP contribution in [-0.2, 0) is 9.84 Å². The Morgan fingerprint density at radius 2 is 1.94 bits per heavy atom. The van der Waals surface area contributed by atoms with Crippen LogP contribution in [0.4, 0.5) is 0 Å². The van der Waals surface area contributed by atoms with Crippen LogP contribution in [0.1, 0.15) is 13.8 Å². The Balaban J connectivity index is 2.74. The lowest BCUT2D eigenvalue weighted by Crippen LogP contribution is -2.53. The van der Waals surface area contributed by atoms with Crippen LogP contribution in [0.2, 0.25) is 0 Å². The summed E-state index contributed by atoms with van der Waals surface area (Å²) in [5, 5.41) is 0. The minimum Gasteiger partial charge on any atom is -0.325 e. The highest BCUT2D eigenvalue weighted by Gasteiger charge is 2.39. The lowest BCUT2D eigenvalue weighted by atomic mass is 10.1. The van der Waals surface area contributed by atoms with Crippen LogP contribution in [0.25, 0.3) is 0 Å². The molecule has 0 radical (unpaired) electrons. The monoisotopic (exact) mass is 263 g/mol. The van der Waals surface area contributed by atoms with Crippen LogP contribution in [0.5, 0.6) is 0 Å². The van der Waals surface area contributed by atoms with E-state index in [4.69, 9.17) is 5.73 Å². The van der Waals surface area contributed by atoms with Crippen molar-refractivity contribution in [2.45, 2.75) is 32.0 Å². The van der Waals surface area contributed by atoms with Gasteiger partial charge in [0, 0.05) is 24.7 Å². The number of sulfone groups is 1. The Kier molecular flexibility index (Phi) is 4.95. The second kappa shape index (κ2) is 5.65. The third kappa shape index (κ3) is 3.91. The number of hydrogen-bond donors (Lipinski definition) is 1. The minimum absolute atomic E-state index is 0.0278. The van der Waals surface area contributed by atoms with E-state index in [0.29, 0.717) is 6.04 Å². The summed E-state index contributed by atoms with van der Waals surface area (Å²) in [5.41, 5.74) is 5.97. The number of nitrogens with two attached hydrogens (primary N) is 1. The molecule has 1 aliphatic heterocycles. The predicted molar refractivity (Wildman–Crippen MR) is 70.8 cm³/mol. The summed E-state index contributed by atoms with van der Waals surface area (Å²) in [6.07, 6.45) is 0. The fourth-order valence-corrected chi connectivity index (χ4v) is 4.61. The van der Waals surface area contributed by atoms with Crippen LogP contribution in [0.3, 0.4) is 0 Å². The zero-order chi connectivity index (χ0) is 13.2. The number of rotatable bonds is 5. The molecule has 2 N–H and O–H groups in total. The molecule has 0 bridgehead atoms. The fourth-order valence-electron chi connectivity index (χ4n) is 2.70. The zero-order valence-corrected chi connectivity index (χ0v) is 12.1. The highest BCUT2D eigenvalue weighted by atomic mass is 32.2. The van der Waals surface area contributed by atoms with Crippen molar-refractivity contribution < 1.29 is 8.42 Å². The van der Waals surface area contributed by atoms with Gasteiger partial charge in [-0.2, -0.15) is 0 Å². The average Bonchev–Trinajstić information content (AvgIpc) is 2.40. The van der Waals surface area contributed by atoms with Crippen molar-refractivity contribution in [1.82, 2.24) is 9.80 Å². The van der Waals surface area contributed by atoms with Gasteiger partial charge in [0.15, 0.2) is 9.84 Å². The largest absolute Gasteiger partial charge is 0.325 e. The van der Waals surface area contributed by atoms with Crippen LogP contribution >= 0.6 is 0 Å². The molecule has 17 heavy (non-hydrogen) atoms. The smallest absolute Gasteiger partial charge is 0.153 e. The number of likely N-dealkylation sites (N-methyl/N-ethyl adjacent to an activating group) is 2. The first-order valence-electron chi connectivity index (χ1n) is 6.13. The van der Waals surface area contributed by atoms with Crippen molar-refractivity contribution in [2.75, 3.05) is 38.7 Å². The van der Waals surface area contributed by atoms with Crippen molar-refractivity contribution in [3.63, 3.8) is 0 Å². The second-order valence-electron chi connectivity index (χ2n) is 5.25. The van der Waals surface area contributed by atoms with Gasteiger partial charge in [-0.05, 0) is 27.6 Å². The summed E-state index contributed by atoms with van der Waals surface area (Å²) in [6, 6.07) is 0.0452. The third-order valence-corrected chi connectivity index (χ3v) is 5.09. The van der Waals surface area contributed by atoms with Gasteiger partial charge in [-0.25, -0.2) is 8.42 Å². The standard InChI is InChI=1S/C11H25N3O2S/c1-5-14(9(2)6-13(3)4)11-8-17(15,16)7-10(11)12/h9-11H,5-8,12H2,1-4H3. The van der Waals surface area contributed by atoms with Crippen molar-refractivity contribution in [3.8, 4) is 0 Å². The van der Waals surface area contributed by atoms with Gasteiger partial charge in [0.2, 0.25) is 0 Å². The first-order chi connectivity index (χ1) is 7.76. The lowest BCUT2D eigenvalue weighted by molar-refractivity contribution is 0.130. The molecule has 102 valence electrons. The van der Waals surface area contributed by atoms with E-state index in [-0.39, 0.29) is 23.6 Å². The topological polar surface area (TPSA) is 66.6 Å². The maximum Gasteiger partial charge on any atom is 0.153 e. The van der Waals surface area contributed by atoms with Crippen molar-refractivity contribution in [2.24, 2.45) is 5.73 Å². The molecule has 6 heteroatoms. The molecule has 5 nitrogen and oxygen atoms in total. The summed E-state index contributed by atoms with van der Waals surface area (Å²) in [6.45, 7) is 5.94. The first kappa shape index (κ1) is 14.9. The normalized spacial score (nSPS) is 30.1. The molecule has 1 rings (SSSR count). The van der Waals surface area contributed by atoms with Gasteiger partial charge in [0.05, 0.1) is 11.5 Å². The first-order valence-corrected chi connectivity index (χ1v) is 7.95. The van der Waals surface area contributed by atoms with Crippen molar-refractivity contribution in [1.29, 1.82) is 0 Å². The molecule has 0 aliphatic carbocycles. The van der Waals surface area contributed by atoms with E-state index >= 15 is 0 Å². The summed E-state index contributed by atoms with van der Waals surface area (Å²) in [7, 11) is 1.10. The summed E-state index contributed by atoms with van der Waals surface area (Å²) < 4.78 is 23.2. The maximum atomic E-state index is 11.6. The van der Waals surface area contributed by atoms with E-state index in [1.807, 2.05) is 14.1 Å². The summed E-state index contributed by atoms with van der Waals surface area (Å²) >= 11 is 0. The van der Waals surface area contributed by atoms with Crippen LogP contribution in [-0.4, -0.2) is 75.0 Å². The molecule has 0 spiro atoms. The maximum absolute atomic E-state index is 11.6. The molecule has 0 amide bonds. The Morgan fingerprint density at radius 1 is 1.35 bits per heavy atom. The van der Waals surface area contributed by atoms with Gasteiger partial charge >= 0.3 is 0 Å². The average molecular weight is 263 g/mol. The molecule has 1 heterocycles. The molecule has 0 saturated carbocycles. The van der Waals surface area contributed by atoms with E-state index in [2.05, 4.69) is 23.6 Å². The molecule has 1 aliphatic rings. The van der Waals surface area contributed by atoms with E-state index < -0.39 is 9.84 Å². The van der Waals surface area contributed by atoms with Gasteiger partial charge in [0.25, 0.3) is 0 Å². The molecular weight excluding hydrogens is 238 g/mol. The van der Waals surface area contributed by atoms with Gasteiger partial charge in [0.1, 0.15) is 0 Å². The lowest BCUT2D eigenvalue weighted by Gasteiger charge is -2.36. The highest BCUT2D eigenvalue weighted by Crippen LogP contribution is 2.19. The fraction of sp³-hybridized carbons (Fsp3) is 1.00. The number of hydrogen-bond acceptors (Lipinski definition) is 5. The molecule has 3 unspecified atom stereocenters. The van der Waals surface area contributed by atoms with E-state index in [1.54, 1.807) is 0 Å². The van der Waals surface area contributed by atoms with E-state index in [9.17, 15) is 8.42 Å². The summed E-state index contributed by atoms with van der Waals surface area (Å²) in [4.78, 5) is 4.33. The minimum atomic E-state index is -2.94. The van der Waals surface area contributed by atoms with E-state index in [1.165, 1.54) is 0 Å². The molecule has 0 aromatic heterocycles. The SMILES string of the molecule is CCN(C(C)CN(C)C)C1CS(=O)(=O)CC1N. The quantitative estimate of drug-likeness (QED) is 0.716. The Hall–Kier alpha value is -0.170. The Labute approximate surface area is 105 Å². The molecule has 3 atom stereocenters. The van der Waals surface area contributed by atoms with Crippen LogP contribution in [0, 0.1) is 0 Å². The van der Waals surface area contributed by atoms with E-state index in [0.717, 1.165) is 13.1 Å². The molecular formula is C11H25N3O2S. The molecule has 0 aromatic carbocycles. The summed E-state index contributed by atoms with van der Waals surface area (Å²) in [5.74, 6) is 0.336. The second-order valence-corrected chi connectivity index (χ2v) is 7.40. The predicted octanol–water partition coefficient (Wildman–Crippen LogP) is -0.617. The zero-order valence-electron chi connectivity index (χ0n) is 11.3. The van der Waals surface area contributed by atoms with Crippen molar-refractivity contribution in [3.05, 3.63) is 0 Å². The van der Waals surface area contributed by atoms with Gasteiger partial charge in [-0.15, -0.1) is 0 Å². The molecule has 0 aromatic rings.